The molecule has 0 fully saturated rings. The highest BCUT2D eigenvalue weighted by Crippen LogP contribution is 2.36. The van der Waals surface area contributed by atoms with E-state index in [1.54, 1.807) is 30.3 Å². The largest absolute Gasteiger partial charge is 0.506 e. The molecule has 168 valence electrons. The molecule has 0 aromatic heterocycles. The summed E-state index contributed by atoms with van der Waals surface area (Å²) in [6.07, 6.45) is 6.87. The van der Waals surface area contributed by atoms with Gasteiger partial charge in [-0.25, -0.2) is 4.79 Å². The normalized spacial score (nSPS) is 11.5. The van der Waals surface area contributed by atoms with Crippen molar-refractivity contribution in [3.8, 4) is 5.75 Å². The quantitative estimate of drug-likeness (QED) is 0.189. The predicted octanol–water partition coefficient (Wildman–Crippen LogP) is 8.11. The molecule has 1 N–H and O–H groups in total. The second-order valence-corrected chi connectivity index (χ2v) is 8.46. The van der Waals surface area contributed by atoms with Crippen LogP contribution < -0.4 is 0 Å². The lowest BCUT2D eigenvalue weighted by Gasteiger charge is -2.08. The zero-order valence-corrected chi connectivity index (χ0v) is 19.0. The Bertz CT molecular complexity index is 1060. The van der Waals surface area contributed by atoms with E-state index in [1.807, 2.05) is 30.3 Å². The van der Waals surface area contributed by atoms with E-state index in [2.05, 4.69) is 24.1 Å². The molecule has 0 aliphatic carbocycles. The van der Waals surface area contributed by atoms with Gasteiger partial charge in [-0.2, -0.15) is 0 Å². The van der Waals surface area contributed by atoms with Gasteiger partial charge in [-0.15, -0.1) is 10.2 Å². The summed E-state index contributed by atoms with van der Waals surface area (Å²) in [5, 5.41) is 20.5. The molecule has 3 aromatic carbocycles. The first-order chi connectivity index (χ1) is 15.6. The van der Waals surface area contributed by atoms with Gasteiger partial charge >= 0.3 is 5.97 Å². The fraction of sp³-hybridized carbons (Fsp3) is 0.370. The molecular weight excluding hydrogens is 400 g/mol. The number of esters is 1. The molecule has 0 atom stereocenters. The fourth-order valence-corrected chi connectivity index (χ4v) is 3.61. The molecule has 3 aromatic rings. The Kier molecular flexibility index (Phi) is 8.79. The van der Waals surface area contributed by atoms with Gasteiger partial charge in [0.1, 0.15) is 17.1 Å². The van der Waals surface area contributed by atoms with Crippen LogP contribution in [0.25, 0.3) is 10.8 Å². The van der Waals surface area contributed by atoms with Gasteiger partial charge in [0, 0.05) is 5.39 Å². The smallest absolute Gasteiger partial charge is 0.340 e. The van der Waals surface area contributed by atoms with E-state index in [4.69, 9.17) is 4.74 Å². The Hall–Kier alpha value is -3.21. The van der Waals surface area contributed by atoms with Crippen LogP contribution in [0, 0.1) is 5.92 Å². The van der Waals surface area contributed by atoms with Crippen molar-refractivity contribution in [1.82, 2.24) is 0 Å². The molecule has 0 unspecified atom stereocenters. The van der Waals surface area contributed by atoms with E-state index in [0.717, 1.165) is 29.5 Å². The summed E-state index contributed by atoms with van der Waals surface area (Å²) in [4.78, 5) is 12.6. The summed E-state index contributed by atoms with van der Waals surface area (Å²) in [6.45, 7) is 4.90. The Morgan fingerprint density at radius 1 is 0.875 bits per heavy atom. The minimum Gasteiger partial charge on any atom is -0.506 e. The fourth-order valence-electron chi connectivity index (χ4n) is 3.61. The average Bonchev–Trinajstić information content (AvgIpc) is 2.80. The van der Waals surface area contributed by atoms with Crippen LogP contribution in [0.4, 0.5) is 11.4 Å². The maximum Gasteiger partial charge on any atom is 0.340 e. The summed E-state index contributed by atoms with van der Waals surface area (Å²) < 4.78 is 5.47. The van der Waals surface area contributed by atoms with Crippen molar-refractivity contribution in [3.63, 3.8) is 0 Å². The molecule has 3 rings (SSSR count). The van der Waals surface area contributed by atoms with Crippen LogP contribution in [0.5, 0.6) is 5.75 Å². The lowest BCUT2D eigenvalue weighted by atomic mass is 10.0. The molecule has 0 aliphatic rings. The third-order valence-electron chi connectivity index (χ3n) is 5.42. The summed E-state index contributed by atoms with van der Waals surface area (Å²) in [5.74, 6) is 0.403. The SMILES string of the molecule is CC(C)CCCCCCCOC(=O)c1ccccc1/N=N/c1c(O)ccc2ccccc12. The summed E-state index contributed by atoms with van der Waals surface area (Å²) in [7, 11) is 0. The summed E-state index contributed by atoms with van der Waals surface area (Å²) in [6, 6.07) is 18.1. The van der Waals surface area contributed by atoms with Gasteiger partial charge in [-0.05, 0) is 35.9 Å². The summed E-state index contributed by atoms with van der Waals surface area (Å²) in [5.41, 5.74) is 1.16. The number of carbonyl (C=O) groups excluding carboxylic acids is 1. The highest BCUT2D eigenvalue weighted by atomic mass is 16.5. The number of hydrogen-bond donors (Lipinski definition) is 1. The minimum atomic E-state index is -0.401. The topological polar surface area (TPSA) is 71.2 Å². The Morgan fingerprint density at radius 3 is 2.44 bits per heavy atom. The third kappa shape index (κ3) is 6.64. The van der Waals surface area contributed by atoms with Crippen LogP contribution in [0.15, 0.2) is 70.9 Å². The second kappa shape index (κ2) is 12.0. The van der Waals surface area contributed by atoms with Crippen molar-refractivity contribution in [2.45, 2.75) is 52.4 Å². The number of benzene rings is 3. The van der Waals surface area contributed by atoms with Gasteiger partial charge < -0.3 is 9.84 Å². The average molecular weight is 433 g/mol. The van der Waals surface area contributed by atoms with Gasteiger partial charge in [-0.3, -0.25) is 0 Å². The first kappa shape index (κ1) is 23.5. The van der Waals surface area contributed by atoms with E-state index in [-0.39, 0.29) is 5.75 Å². The molecule has 0 bridgehead atoms. The van der Waals surface area contributed by atoms with Crippen molar-refractivity contribution < 1.29 is 14.6 Å². The maximum atomic E-state index is 12.6. The Labute approximate surface area is 190 Å². The van der Waals surface area contributed by atoms with E-state index in [9.17, 15) is 9.90 Å². The number of unbranched alkanes of at least 4 members (excludes halogenated alkanes) is 4. The van der Waals surface area contributed by atoms with Crippen LogP contribution in [0.1, 0.15) is 62.7 Å². The second-order valence-electron chi connectivity index (χ2n) is 8.46. The molecule has 0 aliphatic heterocycles. The zero-order valence-electron chi connectivity index (χ0n) is 19.0. The first-order valence-electron chi connectivity index (χ1n) is 11.4. The number of fused-ring (bicyclic) bond motifs is 1. The molecule has 0 radical (unpaired) electrons. The molecule has 0 amide bonds. The first-order valence-corrected chi connectivity index (χ1v) is 11.4. The molecule has 0 saturated heterocycles. The van der Waals surface area contributed by atoms with Gasteiger partial charge in [0.25, 0.3) is 0 Å². The molecule has 0 saturated carbocycles. The van der Waals surface area contributed by atoms with Crippen LogP contribution in [0.2, 0.25) is 0 Å². The number of phenols is 1. The number of ether oxygens (including phenoxy) is 1. The van der Waals surface area contributed by atoms with Crippen molar-refractivity contribution in [1.29, 1.82) is 0 Å². The lowest BCUT2D eigenvalue weighted by Crippen LogP contribution is -2.06. The van der Waals surface area contributed by atoms with E-state index < -0.39 is 5.97 Å². The molecule has 0 spiro atoms. The van der Waals surface area contributed by atoms with Gasteiger partial charge in [-0.1, -0.05) is 88.4 Å². The number of nitrogens with zero attached hydrogens (tertiary/aromatic N) is 2. The van der Waals surface area contributed by atoms with E-state index in [0.29, 0.717) is 23.5 Å². The van der Waals surface area contributed by atoms with E-state index >= 15 is 0 Å². The van der Waals surface area contributed by atoms with Gasteiger partial charge in [0.05, 0.1) is 12.2 Å². The van der Waals surface area contributed by atoms with Crippen molar-refractivity contribution in [3.05, 3.63) is 66.2 Å². The summed E-state index contributed by atoms with van der Waals surface area (Å²) >= 11 is 0. The number of carbonyl (C=O) groups is 1. The van der Waals surface area contributed by atoms with Crippen molar-refractivity contribution in [2.75, 3.05) is 6.61 Å². The standard InChI is InChI=1S/C27H32N2O3/c1-20(2)12-6-4-3-5-11-19-32-27(31)23-15-9-10-16-24(23)28-29-26-22-14-8-7-13-21(22)17-18-25(26)30/h7-10,13-18,20,30H,3-6,11-12,19H2,1-2H3/b29-28+. The highest BCUT2D eigenvalue weighted by molar-refractivity contribution is 5.96. The zero-order chi connectivity index (χ0) is 22.8. The van der Waals surface area contributed by atoms with Crippen LogP contribution in [-0.2, 0) is 4.74 Å². The number of hydrogen-bond acceptors (Lipinski definition) is 5. The van der Waals surface area contributed by atoms with Crippen molar-refractivity contribution in [2.24, 2.45) is 16.1 Å². The molecular formula is C27H32N2O3. The molecule has 32 heavy (non-hydrogen) atoms. The number of phenolic OH excluding ortho intramolecular Hbond substituents is 1. The third-order valence-corrected chi connectivity index (χ3v) is 5.42. The molecule has 5 heteroatoms. The molecule has 0 heterocycles. The van der Waals surface area contributed by atoms with Crippen molar-refractivity contribution >= 4 is 28.1 Å². The van der Waals surface area contributed by atoms with Crippen LogP contribution in [-0.4, -0.2) is 17.7 Å². The minimum absolute atomic E-state index is 0.0425. The van der Waals surface area contributed by atoms with Crippen LogP contribution in [0.3, 0.4) is 0 Å². The maximum absolute atomic E-state index is 12.6. The predicted molar refractivity (Wildman–Crippen MR) is 129 cm³/mol. The van der Waals surface area contributed by atoms with Gasteiger partial charge in [0.15, 0.2) is 0 Å². The lowest BCUT2D eigenvalue weighted by molar-refractivity contribution is 0.0498. The number of aromatic hydroxyl groups is 1. The number of azo groups is 1. The monoisotopic (exact) mass is 432 g/mol. The Morgan fingerprint density at radius 2 is 1.59 bits per heavy atom. The van der Waals surface area contributed by atoms with Crippen LogP contribution >= 0.6 is 0 Å². The number of rotatable bonds is 11. The van der Waals surface area contributed by atoms with Gasteiger partial charge in [0.2, 0.25) is 0 Å². The molecule has 5 nitrogen and oxygen atoms in total. The highest BCUT2D eigenvalue weighted by Gasteiger charge is 2.13. The van der Waals surface area contributed by atoms with E-state index in [1.165, 1.54) is 25.7 Å². The Balaban J connectivity index is 1.59.